The third-order valence-corrected chi connectivity index (χ3v) is 3.06. The fraction of sp³-hybridized carbons (Fsp3) is 0.417. The lowest BCUT2D eigenvalue weighted by molar-refractivity contribution is -0.156. The predicted octanol–water partition coefficient (Wildman–Crippen LogP) is 0.721. The fourth-order valence-electron chi connectivity index (χ4n) is 2.00. The number of benzene rings is 1. The quantitative estimate of drug-likeness (QED) is 0.810. The molecule has 0 aromatic heterocycles. The smallest absolute Gasteiger partial charge is 0.337 e. The Balaban J connectivity index is 2.17. The van der Waals surface area contributed by atoms with Crippen LogP contribution in [0.3, 0.4) is 0 Å². The number of methoxy groups -OCH3 is 1. The monoisotopic (exact) mass is 237 g/mol. The number of β-amino-alcohol motifs (C(OH)–C–C–N with tert-alkyl or cyclic N) is 1. The molecule has 1 fully saturated rings. The Kier molecular flexibility index (Phi) is 2.93. The number of hydrogen-bond acceptors (Lipinski definition) is 4. The summed E-state index contributed by atoms with van der Waals surface area (Å²) < 4.78 is 5.11. The van der Waals surface area contributed by atoms with E-state index in [1.165, 1.54) is 0 Å². The number of carbonyl (C=O) groups is 1. The van der Waals surface area contributed by atoms with Crippen molar-refractivity contribution < 1.29 is 19.7 Å². The van der Waals surface area contributed by atoms with Crippen LogP contribution < -0.4 is 9.64 Å². The normalized spacial score (nSPS) is 23.8. The number of carboxylic acid groups (broad SMARTS) is 1. The van der Waals surface area contributed by atoms with Gasteiger partial charge in [-0.25, -0.2) is 4.79 Å². The second kappa shape index (κ2) is 4.25. The van der Waals surface area contributed by atoms with Gasteiger partial charge in [0, 0.05) is 24.7 Å². The predicted molar refractivity (Wildman–Crippen MR) is 62.4 cm³/mol. The number of rotatable bonds is 3. The van der Waals surface area contributed by atoms with Gasteiger partial charge >= 0.3 is 5.97 Å². The maximum atomic E-state index is 10.9. The van der Waals surface area contributed by atoms with Crippen LogP contribution in [0.1, 0.15) is 6.42 Å². The molecule has 0 aliphatic carbocycles. The number of ether oxygens (including phenoxy) is 1. The summed E-state index contributed by atoms with van der Waals surface area (Å²) in [7, 11) is 1.58. The van der Waals surface area contributed by atoms with Gasteiger partial charge in [0.15, 0.2) is 5.60 Å². The molecular formula is C12H15NO4. The van der Waals surface area contributed by atoms with E-state index in [2.05, 4.69) is 0 Å². The molecule has 2 rings (SSSR count). The minimum absolute atomic E-state index is 0.107. The fourth-order valence-corrected chi connectivity index (χ4v) is 2.00. The van der Waals surface area contributed by atoms with Crippen LogP contribution in [0.2, 0.25) is 0 Å². The summed E-state index contributed by atoms with van der Waals surface area (Å²) in [4.78, 5) is 12.8. The maximum absolute atomic E-state index is 10.9. The molecule has 0 saturated carbocycles. The lowest BCUT2D eigenvalue weighted by Crippen LogP contribution is -2.41. The summed E-state index contributed by atoms with van der Waals surface area (Å²) in [6.45, 7) is 0.630. The van der Waals surface area contributed by atoms with Crippen LogP contribution in [-0.4, -0.2) is 42.0 Å². The van der Waals surface area contributed by atoms with E-state index in [1.54, 1.807) is 7.11 Å². The van der Waals surface area contributed by atoms with E-state index in [0.29, 0.717) is 12.3 Å². The highest BCUT2D eigenvalue weighted by Gasteiger charge is 2.43. The van der Waals surface area contributed by atoms with Crippen LogP contribution in [0.5, 0.6) is 5.75 Å². The van der Waals surface area contributed by atoms with Crippen LogP contribution >= 0.6 is 0 Å². The molecule has 0 spiro atoms. The first-order chi connectivity index (χ1) is 8.05. The molecule has 0 radical (unpaired) electrons. The molecule has 0 bridgehead atoms. The molecule has 92 valence electrons. The van der Waals surface area contributed by atoms with Gasteiger partial charge in [0.05, 0.1) is 13.7 Å². The zero-order valence-corrected chi connectivity index (χ0v) is 9.59. The highest BCUT2D eigenvalue weighted by atomic mass is 16.5. The van der Waals surface area contributed by atoms with E-state index in [-0.39, 0.29) is 13.0 Å². The van der Waals surface area contributed by atoms with Gasteiger partial charge in [-0.05, 0) is 12.1 Å². The molecular weight excluding hydrogens is 222 g/mol. The molecule has 1 aromatic carbocycles. The average molecular weight is 237 g/mol. The van der Waals surface area contributed by atoms with Crippen molar-refractivity contribution >= 4 is 11.7 Å². The Morgan fingerprint density at radius 3 is 2.88 bits per heavy atom. The van der Waals surface area contributed by atoms with Crippen LogP contribution in [-0.2, 0) is 4.79 Å². The number of nitrogens with zero attached hydrogens (tertiary/aromatic N) is 1. The summed E-state index contributed by atoms with van der Waals surface area (Å²) in [5.74, 6) is -0.448. The van der Waals surface area contributed by atoms with Crippen molar-refractivity contribution in [3.05, 3.63) is 24.3 Å². The Hall–Kier alpha value is -1.75. The number of hydrogen-bond donors (Lipinski definition) is 2. The van der Waals surface area contributed by atoms with Crippen molar-refractivity contribution in [2.75, 3.05) is 25.1 Å². The Morgan fingerprint density at radius 1 is 1.53 bits per heavy atom. The molecule has 1 saturated heterocycles. The molecule has 1 aliphatic heterocycles. The Bertz CT molecular complexity index is 434. The number of aliphatic hydroxyl groups is 1. The van der Waals surface area contributed by atoms with E-state index >= 15 is 0 Å². The zero-order valence-electron chi connectivity index (χ0n) is 9.59. The van der Waals surface area contributed by atoms with Gasteiger partial charge in [0.25, 0.3) is 0 Å². The van der Waals surface area contributed by atoms with Gasteiger partial charge in [0.1, 0.15) is 5.75 Å². The largest absolute Gasteiger partial charge is 0.497 e. The van der Waals surface area contributed by atoms with E-state index in [9.17, 15) is 9.90 Å². The van der Waals surface area contributed by atoms with Crippen molar-refractivity contribution in [1.29, 1.82) is 0 Å². The zero-order chi connectivity index (χ0) is 12.5. The molecule has 1 aromatic rings. The summed E-state index contributed by atoms with van der Waals surface area (Å²) in [6, 6.07) is 7.36. The van der Waals surface area contributed by atoms with Crippen LogP contribution in [0.25, 0.3) is 0 Å². The number of carboxylic acids is 1. The minimum Gasteiger partial charge on any atom is -0.497 e. The molecule has 1 unspecified atom stereocenters. The third-order valence-electron chi connectivity index (χ3n) is 3.06. The van der Waals surface area contributed by atoms with Gasteiger partial charge in [-0.3, -0.25) is 0 Å². The highest BCUT2D eigenvalue weighted by molar-refractivity contribution is 5.79. The standard InChI is InChI=1S/C12H15NO4/c1-17-10-4-2-3-9(7-10)13-6-5-12(16,8-13)11(14)15/h2-4,7,16H,5-6,8H2,1H3,(H,14,15). The first kappa shape index (κ1) is 11.7. The van der Waals surface area contributed by atoms with Crippen LogP contribution in [0.4, 0.5) is 5.69 Å². The lowest BCUT2D eigenvalue weighted by atomic mass is 10.0. The van der Waals surface area contributed by atoms with E-state index < -0.39 is 11.6 Å². The summed E-state index contributed by atoms with van der Waals surface area (Å²) >= 11 is 0. The lowest BCUT2D eigenvalue weighted by Gasteiger charge is -2.21. The number of aliphatic carboxylic acids is 1. The molecule has 1 aliphatic rings. The van der Waals surface area contributed by atoms with Gasteiger partial charge in [-0.1, -0.05) is 6.07 Å². The Labute approximate surface area is 99.2 Å². The molecule has 17 heavy (non-hydrogen) atoms. The molecule has 1 heterocycles. The van der Waals surface area contributed by atoms with E-state index in [1.807, 2.05) is 29.2 Å². The van der Waals surface area contributed by atoms with E-state index in [0.717, 1.165) is 5.69 Å². The van der Waals surface area contributed by atoms with Gasteiger partial charge in [0.2, 0.25) is 0 Å². The average Bonchev–Trinajstić information content (AvgIpc) is 2.74. The molecule has 5 nitrogen and oxygen atoms in total. The third kappa shape index (κ3) is 2.19. The second-order valence-corrected chi connectivity index (χ2v) is 4.21. The molecule has 5 heteroatoms. The van der Waals surface area contributed by atoms with Crippen LogP contribution in [0, 0.1) is 0 Å². The van der Waals surface area contributed by atoms with Crippen molar-refractivity contribution in [2.24, 2.45) is 0 Å². The van der Waals surface area contributed by atoms with Crippen molar-refractivity contribution in [3.63, 3.8) is 0 Å². The minimum atomic E-state index is -1.64. The van der Waals surface area contributed by atoms with E-state index in [4.69, 9.17) is 9.84 Å². The molecule has 1 atom stereocenters. The highest BCUT2D eigenvalue weighted by Crippen LogP contribution is 2.29. The summed E-state index contributed by atoms with van der Waals surface area (Å²) in [6.07, 6.45) is 0.236. The Morgan fingerprint density at radius 2 is 2.29 bits per heavy atom. The van der Waals surface area contributed by atoms with Gasteiger partial charge in [-0.2, -0.15) is 0 Å². The summed E-state index contributed by atoms with van der Waals surface area (Å²) in [5, 5.41) is 18.8. The van der Waals surface area contributed by atoms with Crippen LogP contribution in [0.15, 0.2) is 24.3 Å². The van der Waals surface area contributed by atoms with Crippen molar-refractivity contribution in [1.82, 2.24) is 0 Å². The van der Waals surface area contributed by atoms with Gasteiger partial charge in [-0.15, -0.1) is 0 Å². The topological polar surface area (TPSA) is 70.0 Å². The maximum Gasteiger partial charge on any atom is 0.337 e. The summed E-state index contributed by atoms with van der Waals surface area (Å²) in [5.41, 5.74) is -0.773. The SMILES string of the molecule is COc1cccc(N2CCC(O)(C(=O)O)C2)c1. The molecule has 2 N–H and O–H groups in total. The second-order valence-electron chi connectivity index (χ2n) is 4.21. The first-order valence-corrected chi connectivity index (χ1v) is 5.40. The number of anilines is 1. The molecule has 0 amide bonds. The van der Waals surface area contributed by atoms with Gasteiger partial charge < -0.3 is 19.8 Å². The van der Waals surface area contributed by atoms with Crippen molar-refractivity contribution in [3.8, 4) is 5.75 Å². The van der Waals surface area contributed by atoms with Crippen molar-refractivity contribution in [2.45, 2.75) is 12.0 Å². The first-order valence-electron chi connectivity index (χ1n) is 5.40.